The van der Waals surface area contributed by atoms with Crippen molar-refractivity contribution >= 4 is 46.2 Å². The first-order valence-corrected chi connectivity index (χ1v) is 8.05. The van der Waals surface area contributed by atoms with Gasteiger partial charge in [-0.1, -0.05) is 23.7 Å². The third kappa shape index (κ3) is 3.75. The molecule has 0 aliphatic carbocycles. The first kappa shape index (κ1) is 15.6. The van der Waals surface area contributed by atoms with E-state index in [0.717, 1.165) is 16.8 Å². The lowest BCUT2D eigenvalue weighted by Gasteiger charge is -2.01. The smallest absolute Gasteiger partial charge is 0.264 e. The Hall–Kier alpha value is -2.24. The summed E-state index contributed by atoms with van der Waals surface area (Å²) < 4.78 is 0. The fourth-order valence-corrected chi connectivity index (χ4v) is 3.16. The SMILES string of the molecule is Cc1cc(Cl)ccc1N=C1NC(=O)/C(=C/c2cccc(O)c2)S1. The topological polar surface area (TPSA) is 61.7 Å². The van der Waals surface area contributed by atoms with Crippen LogP contribution in [-0.4, -0.2) is 16.2 Å². The Labute approximate surface area is 142 Å². The van der Waals surface area contributed by atoms with Crippen LogP contribution in [0, 0.1) is 6.92 Å². The van der Waals surface area contributed by atoms with E-state index in [2.05, 4.69) is 10.3 Å². The summed E-state index contributed by atoms with van der Waals surface area (Å²) in [6.07, 6.45) is 1.72. The first-order chi connectivity index (χ1) is 11.0. The molecule has 6 heteroatoms. The summed E-state index contributed by atoms with van der Waals surface area (Å²) in [5.41, 5.74) is 2.45. The average molecular weight is 345 g/mol. The Morgan fingerprint density at radius 3 is 2.83 bits per heavy atom. The van der Waals surface area contributed by atoms with E-state index >= 15 is 0 Å². The first-order valence-electron chi connectivity index (χ1n) is 6.86. The number of rotatable bonds is 2. The maximum atomic E-state index is 12.0. The molecule has 1 fully saturated rings. The number of carbonyl (C=O) groups excluding carboxylic acids is 1. The van der Waals surface area contributed by atoms with E-state index in [0.29, 0.717) is 15.1 Å². The van der Waals surface area contributed by atoms with E-state index in [4.69, 9.17) is 11.6 Å². The van der Waals surface area contributed by atoms with Gasteiger partial charge in [-0.3, -0.25) is 4.79 Å². The number of halogens is 1. The highest BCUT2D eigenvalue weighted by atomic mass is 35.5. The Kier molecular flexibility index (Phi) is 4.41. The summed E-state index contributed by atoms with van der Waals surface area (Å²) in [5, 5.41) is 13.4. The fraction of sp³-hybridized carbons (Fsp3) is 0.0588. The van der Waals surface area contributed by atoms with Crippen LogP contribution in [0.3, 0.4) is 0 Å². The van der Waals surface area contributed by atoms with Gasteiger partial charge in [-0.05, 0) is 66.2 Å². The Morgan fingerprint density at radius 2 is 2.09 bits per heavy atom. The molecule has 0 spiro atoms. The summed E-state index contributed by atoms with van der Waals surface area (Å²) in [7, 11) is 0. The molecule has 0 atom stereocenters. The zero-order valence-corrected chi connectivity index (χ0v) is 13.8. The van der Waals surface area contributed by atoms with Gasteiger partial charge >= 0.3 is 0 Å². The standard InChI is InChI=1S/C17H13ClN2O2S/c1-10-7-12(18)5-6-14(10)19-17-20-16(22)15(23-17)9-11-3-2-4-13(21)8-11/h2-9,21H,1H3,(H,19,20,22)/b15-9-. The van der Waals surface area contributed by atoms with Crippen molar-refractivity contribution in [3.05, 3.63) is 63.5 Å². The number of hydrogen-bond acceptors (Lipinski definition) is 4. The second kappa shape index (κ2) is 6.48. The van der Waals surface area contributed by atoms with Gasteiger partial charge in [-0.15, -0.1) is 0 Å². The number of benzene rings is 2. The molecule has 1 aliphatic heterocycles. The van der Waals surface area contributed by atoms with Crippen LogP contribution in [0.1, 0.15) is 11.1 Å². The summed E-state index contributed by atoms with van der Waals surface area (Å²) in [6.45, 7) is 1.91. The molecule has 0 bridgehead atoms. The predicted octanol–water partition coefficient (Wildman–Crippen LogP) is 4.25. The number of amides is 1. The summed E-state index contributed by atoms with van der Waals surface area (Å²) in [5.74, 6) is -0.0443. The van der Waals surface area contributed by atoms with Crippen molar-refractivity contribution in [2.24, 2.45) is 4.99 Å². The number of phenols is 1. The van der Waals surface area contributed by atoms with Crippen LogP contribution in [0.15, 0.2) is 52.4 Å². The number of thioether (sulfide) groups is 1. The van der Waals surface area contributed by atoms with Crippen molar-refractivity contribution in [1.82, 2.24) is 5.32 Å². The highest BCUT2D eigenvalue weighted by Gasteiger charge is 2.23. The molecule has 0 aromatic heterocycles. The molecular formula is C17H13ClN2O2S. The number of aliphatic imine (C=N–C) groups is 1. The minimum Gasteiger partial charge on any atom is -0.508 e. The van der Waals surface area contributed by atoms with Crippen LogP contribution in [-0.2, 0) is 4.79 Å². The Balaban J connectivity index is 1.86. The minimum absolute atomic E-state index is 0.161. The van der Waals surface area contributed by atoms with Crippen molar-refractivity contribution in [2.75, 3.05) is 0 Å². The molecule has 1 heterocycles. The van der Waals surface area contributed by atoms with Gasteiger partial charge in [0.25, 0.3) is 5.91 Å². The van der Waals surface area contributed by atoms with E-state index in [1.165, 1.54) is 11.8 Å². The fourth-order valence-electron chi connectivity index (χ4n) is 2.10. The second-order valence-electron chi connectivity index (χ2n) is 5.01. The number of aryl methyl sites for hydroxylation is 1. The molecule has 2 aromatic rings. The van der Waals surface area contributed by atoms with Crippen molar-refractivity contribution in [2.45, 2.75) is 6.92 Å². The van der Waals surface area contributed by atoms with Crippen LogP contribution < -0.4 is 5.32 Å². The number of carbonyl (C=O) groups is 1. The number of hydrogen-bond donors (Lipinski definition) is 2. The van der Waals surface area contributed by atoms with Gasteiger partial charge in [0.2, 0.25) is 0 Å². The van der Waals surface area contributed by atoms with Crippen molar-refractivity contribution in [3.63, 3.8) is 0 Å². The summed E-state index contributed by atoms with van der Waals surface area (Å²) in [4.78, 5) is 17.0. The van der Waals surface area contributed by atoms with E-state index < -0.39 is 0 Å². The molecule has 1 saturated heterocycles. The molecule has 1 aliphatic rings. The van der Waals surface area contributed by atoms with Crippen molar-refractivity contribution in [1.29, 1.82) is 0 Å². The molecular weight excluding hydrogens is 332 g/mol. The summed E-state index contributed by atoms with van der Waals surface area (Å²) >= 11 is 7.19. The molecule has 116 valence electrons. The van der Waals surface area contributed by atoms with Crippen LogP contribution in [0.4, 0.5) is 5.69 Å². The number of nitrogens with one attached hydrogen (secondary N) is 1. The lowest BCUT2D eigenvalue weighted by Crippen LogP contribution is -2.19. The van der Waals surface area contributed by atoms with Gasteiger partial charge in [0.05, 0.1) is 10.6 Å². The largest absolute Gasteiger partial charge is 0.508 e. The molecule has 23 heavy (non-hydrogen) atoms. The molecule has 1 amide bonds. The highest BCUT2D eigenvalue weighted by Crippen LogP contribution is 2.30. The minimum atomic E-state index is -0.205. The number of aromatic hydroxyl groups is 1. The molecule has 2 aromatic carbocycles. The normalized spacial score (nSPS) is 17.7. The van der Waals surface area contributed by atoms with E-state index in [9.17, 15) is 9.90 Å². The third-order valence-electron chi connectivity index (χ3n) is 3.20. The predicted molar refractivity (Wildman–Crippen MR) is 95.1 cm³/mol. The van der Waals surface area contributed by atoms with Gasteiger partial charge in [0.15, 0.2) is 5.17 Å². The third-order valence-corrected chi connectivity index (χ3v) is 4.34. The number of phenolic OH excluding ortho intramolecular Hbond substituents is 1. The van der Waals surface area contributed by atoms with E-state index in [1.54, 1.807) is 30.3 Å². The molecule has 0 saturated carbocycles. The second-order valence-corrected chi connectivity index (χ2v) is 6.47. The zero-order chi connectivity index (χ0) is 16.4. The molecule has 2 N–H and O–H groups in total. The van der Waals surface area contributed by atoms with E-state index in [1.807, 2.05) is 25.1 Å². The van der Waals surface area contributed by atoms with Gasteiger partial charge in [0, 0.05) is 5.02 Å². The number of amidine groups is 1. The van der Waals surface area contributed by atoms with Gasteiger partial charge < -0.3 is 10.4 Å². The lowest BCUT2D eigenvalue weighted by atomic mass is 10.2. The van der Waals surface area contributed by atoms with E-state index in [-0.39, 0.29) is 11.7 Å². The maximum Gasteiger partial charge on any atom is 0.264 e. The van der Waals surface area contributed by atoms with Crippen LogP contribution >= 0.6 is 23.4 Å². The van der Waals surface area contributed by atoms with Crippen LogP contribution in [0.2, 0.25) is 5.02 Å². The Morgan fingerprint density at radius 1 is 1.26 bits per heavy atom. The van der Waals surface area contributed by atoms with Crippen molar-refractivity contribution in [3.8, 4) is 5.75 Å². The molecule has 0 unspecified atom stereocenters. The highest BCUT2D eigenvalue weighted by molar-refractivity contribution is 8.18. The Bertz CT molecular complexity index is 846. The molecule has 4 nitrogen and oxygen atoms in total. The number of nitrogens with zero attached hydrogens (tertiary/aromatic N) is 1. The molecule has 0 radical (unpaired) electrons. The molecule has 3 rings (SSSR count). The van der Waals surface area contributed by atoms with Crippen LogP contribution in [0.5, 0.6) is 5.75 Å². The lowest BCUT2D eigenvalue weighted by molar-refractivity contribution is -0.115. The quantitative estimate of drug-likeness (QED) is 0.801. The average Bonchev–Trinajstić information content (AvgIpc) is 2.82. The van der Waals surface area contributed by atoms with Crippen LogP contribution in [0.25, 0.3) is 6.08 Å². The summed E-state index contributed by atoms with van der Waals surface area (Å²) in [6, 6.07) is 12.1. The monoisotopic (exact) mass is 344 g/mol. The zero-order valence-electron chi connectivity index (χ0n) is 12.2. The van der Waals surface area contributed by atoms with Crippen molar-refractivity contribution < 1.29 is 9.90 Å². The van der Waals surface area contributed by atoms with Gasteiger partial charge in [0.1, 0.15) is 5.75 Å². The maximum absolute atomic E-state index is 12.0. The van der Waals surface area contributed by atoms with Gasteiger partial charge in [-0.25, -0.2) is 4.99 Å². The van der Waals surface area contributed by atoms with Gasteiger partial charge in [-0.2, -0.15) is 0 Å².